The van der Waals surface area contributed by atoms with Gasteiger partial charge in [0.2, 0.25) is 0 Å². The Morgan fingerprint density at radius 1 is 1.24 bits per heavy atom. The summed E-state index contributed by atoms with van der Waals surface area (Å²) in [6.07, 6.45) is 7.98. The Morgan fingerprint density at radius 2 is 2.10 bits per heavy atom. The second-order valence-corrected chi connectivity index (χ2v) is 7.07. The quantitative estimate of drug-likeness (QED) is 0.820. The second-order valence-electron chi connectivity index (χ2n) is 7.07. The van der Waals surface area contributed by atoms with Crippen molar-refractivity contribution in [3.05, 3.63) is 41.1 Å². The number of hydrogen-bond acceptors (Lipinski definition) is 2. The molecule has 1 aliphatic carbocycles. The lowest BCUT2D eigenvalue weighted by molar-refractivity contribution is 0.146. The molecule has 1 aromatic rings. The number of allylic oxidation sites excluding steroid dienone is 2. The van der Waals surface area contributed by atoms with Gasteiger partial charge in [-0.15, -0.1) is 0 Å². The number of nitrogen functional groups attached to an aromatic ring is 1. The molecular weight excluding hydrogens is 256 g/mol. The molecule has 0 unspecified atom stereocenters. The minimum Gasteiger partial charge on any atom is -0.398 e. The molecule has 0 aromatic heterocycles. The largest absolute Gasteiger partial charge is 0.398 e. The minimum atomic E-state index is 0.496. The zero-order valence-corrected chi connectivity index (χ0v) is 13.1. The minimum absolute atomic E-state index is 0.496. The van der Waals surface area contributed by atoms with Crippen molar-refractivity contribution in [3.8, 4) is 0 Å². The highest BCUT2D eigenvalue weighted by atomic mass is 15.2. The Morgan fingerprint density at radius 3 is 2.90 bits per heavy atom. The summed E-state index contributed by atoms with van der Waals surface area (Å²) in [6.45, 7) is 4.89. The molecule has 0 bridgehead atoms. The van der Waals surface area contributed by atoms with Gasteiger partial charge in [0.25, 0.3) is 0 Å². The van der Waals surface area contributed by atoms with E-state index in [1.165, 1.54) is 57.2 Å². The van der Waals surface area contributed by atoms with Crippen LogP contribution in [0.25, 0.3) is 0 Å². The fourth-order valence-corrected chi connectivity index (χ4v) is 5.17. The van der Waals surface area contributed by atoms with Crippen molar-refractivity contribution in [1.29, 1.82) is 0 Å². The van der Waals surface area contributed by atoms with Crippen molar-refractivity contribution in [2.75, 3.05) is 18.8 Å². The monoisotopic (exact) mass is 282 g/mol. The molecule has 0 radical (unpaired) electrons. The Bertz CT molecular complexity index is 589. The van der Waals surface area contributed by atoms with E-state index in [9.17, 15) is 0 Å². The summed E-state index contributed by atoms with van der Waals surface area (Å²) in [4.78, 5) is 2.71. The highest BCUT2D eigenvalue weighted by molar-refractivity contribution is 5.53. The average Bonchev–Trinajstić information content (AvgIpc) is 2.91. The third kappa shape index (κ3) is 1.84. The maximum atomic E-state index is 6.28. The molecule has 112 valence electrons. The summed E-state index contributed by atoms with van der Waals surface area (Å²) in [7, 11) is 0. The number of hydrogen-bond donors (Lipinski definition) is 1. The van der Waals surface area contributed by atoms with Gasteiger partial charge in [-0.3, -0.25) is 0 Å². The molecule has 3 aliphatic rings. The van der Waals surface area contributed by atoms with Crippen LogP contribution in [0.2, 0.25) is 0 Å². The van der Waals surface area contributed by atoms with E-state index < -0.39 is 0 Å². The molecule has 2 heterocycles. The molecule has 1 fully saturated rings. The van der Waals surface area contributed by atoms with E-state index >= 15 is 0 Å². The molecule has 4 rings (SSSR count). The third-order valence-electron chi connectivity index (χ3n) is 6.24. The Hall–Kier alpha value is -1.44. The lowest BCUT2D eigenvalue weighted by atomic mass is 9.73. The van der Waals surface area contributed by atoms with Crippen LogP contribution >= 0.6 is 0 Å². The highest BCUT2D eigenvalue weighted by Crippen LogP contribution is 2.58. The van der Waals surface area contributed by atoms with Crippen molar-refractivity contribution < 1.29 is 0 Å². The first kappa shape index (κ1) is 13.2. The fraction of sp³-hybridized carbons (Fsp3) is 0.579. The van der Waals surface area contributed by atoms with Gasteiger partial charge in [-0.2, -0.15) is 0 Å². The maximum absolute atomic E-state index is 6.28. The van der Waals surface area contributed by atoms with Crippen LogP contribution in [-0.4, -0.2) is 18.0 Å². The average molecular weight is 282 g/mol. The standard InChI is InChI=1S/C19H26N2/c1-2-19-10-5-12-21-13-9-14(16(8-11-19)18(19)21)15-6-3-4-7-17(15)20/h3-4,6-7,14H,2,5,8-13,20H2,1H3/t14-,19-/m0/s1. The zero-order valence-electron chi connectivity index (χ0n) is 13.1. The lowest BCUT2D eigenvalue weighted by Gasteiger charge is -2.47. The molecule has 2 heteroatoms. The first-order valence-electron chi connectivity index (χ1n) is 8.58. The highest BCUT2D eigenvalue weighted by Gasteiger charge is 2.47. The van der Waals surface area contributed by atoms with Gasteiger partial charge in [-0.25, -0.2) is 0 Å². The van der Waals surface area contributed by atoms with Gasteiger partial charge in [-0.1, -0.05) is 25.1 Å². The first-order valence-corrected chi connectivity index (χ1v) is 8.58. The van der Waals surface area contributed by atoms with Crippen molar-refractivity contribution in [2.24, 2.45) is 5.41 Å². The van der Waals surface area contributed by atoms with Gasteiger partial charge in [0.05, 0.1) is 0 Å². The molecule has 2 nitrogen and oxygen atoms in total. The molecule has 0 saturated carbocycles. The Kier molecular flexibility index (Phi) is 3.02. The summed E-state index contributed by atoms with van der Waals surface area (Å²) in [5.41, 5.74) is 12.6. The third-order valence-corrected chi connectivity index (χ3v) is 6.24. The Balaban J connectivity index is 1.81. The number of para-hydroxylation sites is 1. The molecule has 2 N–H and O–H groups in total. The SMILES string of the molecule is CC[C@@]12CCCN3CC[C@@H](c4ccccc4N)C(=C31)CC2. The molecule has 21 heavy (non-hydrogen) atoms. The van der Waals surface area contributed by atoms with Crippen molar-refractivity contribution in [2.45, 2.75) is 51.4 Å². The number of piperidine rings is 1. The first-order chi connectivity index (χ1) is 10.2. The normalized spacial score (nSPS) is 31.5. The molecule has 2 aliphatic heterocycles. The summed E-state index contributed by atoms with van der Waals surface area (Å²) in [5, 5.41) is 0. The number of anilines is 1. The van der Waals surface area contributed by atoms with Gasteiger partial charge in [0.15, 0.2) is 0 Å². The number of nitrogens with zero attached hydrogens (tertiary/aromatic N) is 1. The number of nitrogens with two attached hydrogens (primary N) is 1. The van der Waals surface area contributed by atoms with E-state index in [0.29, 0.717) is 11.3 Å². The van der Waals surface area contributed by atoms with E-state index in [1.54, 1.807) is 11.3 Å². The van der Waals surface area contributed by atoms with Crippen molar-refractivity contribution >= 4 is 5.69 Å². The summed E-state index contributed by atoms with van der Waals surface area (Å²) in [5.74, 6) is 0.573. The van der Waals surface area contributed by atoms with E-state index in [2.05, 4.69) is 36.1 Å². The molecular formula is C19H26N2. The smallest absolute Gasteiger partial charge is 0.0352 e. The van der Waals surface area contributed by atoms with Crippen LogP contribution in [0.4, 0.5) is 5.69 Å². The summed E-state index contributed by atoms with van der Waals surface area (Å²) >= 11 is 0. The van der Waals surface area contributed by atoms with Crippen LogP contribution in [0.5, 0.6) is 0 Å². The maximum Gasteiger partial charge on any atom is 0.0352 e. The topological polar surface area (TPSA) is 29.3 Å². The van der Waals surface area contributed by atoms with E-state index in [-0.39, 0.29) is 0 Å². The van der Waals surface area contributed by atoms with Gasteiger partial charge in [0.1, 0.15) is 0 Å². The van der Waals surface area contributed by atoms with Crippen LogP contribution < -0.4 is 5.73 Å². The predicted molar refractivity (Wildman–Crippen MR) is 88.0 cm³/mol. The number of rotatable bonds is 2. The van der Waals surface area contributed by atoms with Crippen LogP contribution in [0.3, 0.4) is 0 Å². The van der Waals surface area contributed by atoms with Crippen molar-refractivity contribution in [1.82, 2.24) is 4.90 Å². The molecule has 2 atom stereocenters. The lowest BCUT2D eigenvalue weighted by Crippen LogP contribution is -2.42. The molecule has 1 aromatic carbocycles. The Labute approximate surface area is 128 Å². The fourth-order valence-electron chi connectivity index (χ4n) is 5.17. The second kappa shape index (κ2) is 4.79. The van der Waals surface area contributed by atoms with Crippen LogP contribution in [0, 0.1) is 5.41 Å². The molecule has 0 spiro atoms. The molecule has 0 amide bonds. The van der Waals surface area contributed by atoms with Gasteiger partial charge < -0.3 is 10.6 Å². The van der Waals surface area contributed by atoms with Gasteiger partial charge in [0, 0.05) is 35.8 Å². The zero-order chi connectivity index (χ0) is 14.4. The summed E-state index contributed by atoms with van der Waals surface area (Å²) < 4.78 is 0. The predicted octanol–water partition coefficient (Wildman–Crippen LogP) is 4.30. The van der Waals surface area contributed by atoms with Crippen LogP contribution in [0.15, 0.2) is 35.5 Å². The van der Waals surface area contributed by atoms with E-state index in [4.69, 9.17) is 5.73 Å². The summed E-state index contributed by atoms with van der Waals surface area (Å²) in [6, 6.07) is 8.51. The van der Waals surface area contributed by atoms with Crippen molar-refractivity contribution in [3.63, 3.8) is 0 Å². The van der Waals surface area contributed by atoms with Gasteiger partial charge in [-0.05, 0) is 55.7 Å². The van der Waals surface area contributed by atoms with Crippen LogP contribution in [-0.2, 0) is 0 Å². The molecule has 1 saturated heterocycles. The van der Waals surface area contributed by atoms with Crippen LogP contribution in [0.1, 0.15) is 56.9 Å². The van der Waals surface area contributed by atoms with E-state index in [1.807, 2.05) is 0 Å². The van der Waals surface area contributed by atoms with Gasteiger partial charge >= 0.3 is 0 Å². The van der Waals surface area contributed by atoms with E-state index in [0.717, 1.165) is 5.69 Å². The number of benzene rings is 1.